The maximum atomic E-state index is 11.1. The highest BCUT2D eigenvalue weighted by Gasteiger charge is 2.27. The van der Waals surface area contributed by atoms with Gasteiger partial charge in [0.25, 0.3) is 0 Å². The monoisotopic (exact) mass is 590 g/mol. The van der Waals surface area contributed by atoms with Crippen LogP contribution in [0.5, 0.6) is 5.75 Å². The summed E-state index contributed by atoms with van der Waals surface area (Å²) in [4.78, 5) is 13.9. The summed E-state index contributed by atoms with van der Waals surface area (Å²) in [6.07, 6.45) is 12.5. The van der Waals surface area contributed by atoms with Gasteiger partial charge in [-0.25, -0.2) is 0 Å². The molecule has 5 nitrogen and oxygen atoms in total. The van der Waals surface area contributed by atoms with E-state index in [1.54, 1.807) is 11.8 Å². The lowest BCUT2D eigenvalue weighted by Crippen LogP contribution is -2.18. The molecule has 0 aliphatic heterocycles. The molecule has 0 amide bonds. The lowest BCUT2D eigenvalue weighted by atomic mass is 9.79. The second-order valence-electron chi connectivity index (χ2n) is 11.4. The van der Waals surface area contributed by atoms with Crippen molar-refractivity contribution in [3.8, 4) is 52.9 Å². The Morgan fingerprint density at radius 3 is 2.02 bits per heavy atom. The highest BCUT2D eigenvalue weighted by molar-refractivity contribution is 8.03. The highest BCUT2D eigenvalue weighted by atomic mass is 32.2. The fourth-order valence-corrected chi connectivity index (χ4v) is 5.10. The normalized spacial score (nSPS) is 10.8. The molecule has 0 saturated carbocycles. The lowest BCUT2D eigenvalue weighted by Gasteiger charge is -2.28. The molecular weight excluding hydrogens is 533 g/mol. The minimum atomic E-state index is -0.249. The van der Waals surface area contributed by atoms with E-state index in [1.165, 1.54) is 43.9 Å². The van der Waals surface area contributed by atoms with Crippen molar-refractivity contribution in [1.29, 1.82) is 0 Å². The summed E-state index contributed by atoms with van der Waals surface area (Å²) in [5, 5.41) is 18.5. The molecule has 2 N–H and O–H groups in total. The summed E-state index contributed by atoms with van der Waals surface area (Å²) in [5.74, 6) is 16.8. The van der Waals surface area contributed by atoms with Crippen LogP contribution in [-0.4, -0.2) is 25.8 Å². The molecule has 0 bridgehead atoms. The van der Waals surface area contributed by atoms with Gasteiger partial charge in [0.05, 0.1) is 0 Å². The average molecular weight is 591 g/mol. The third-order valence-electron chi connectivity index (χ3n) is 5.82. The number of hydrogen-bond donors (Lipinski definition) is 2. The van der Waals surface area contributed by atoms with E-state index in [1.807, 2.05) is 12.1 Å². The Bertz CT molecular complexity index is 1380. The number of benzene rings is 1. The van der Waals surface area contributed by atoms with E-state index in [9.17, 15) is 5.11 Å². The van der Waals surface area contributed by atoms with E-state index in [4.69, 9.17) is 11.4 Å². The first kappa shape index (κ1) is 33.0. The van der Waals surface area contributed by atoms with Gasteiger partial charge in [0.1, 0.15) is 5.75 Å². The summed E-state index contributed by atoms with van der Waals surface area (Å²) in [7, 11) is 0. The number of terminal acetylenes is 1. The molecular formula is C33H58N4OS2. The number of nitrogens with zero attached hydrogens (tertiary/aromatic N) is 3. The molecule has 40 heavy (non-hydrogen) atoms. The fourth-order valence-electron chi connectivity index (χ4n) is 3.76. The average Bonchev–Trinajstić information content (AvgIpc) is 2.87. The van der Waals surface area contributed by atoms with Crippen LogP contribution in [0.1, 0.15) is 111 Å². The zero-order valence-electron chi connectivity index (χ0n) is 24.8. The van der Waals surface area contributed by atoms with Gasteiger partial charge in [-0.15, -0.1) is 6.42 Å². The molecule has 1 aromatic carbocycles. The highest BCUT2D eigenvalue weighted by Crippen LogP contribution is 2.41. The predicted molar refractivity (Wildman–Crippen MR) is 190 cm³/mol. The molecule has 0 aliphatic rings. The first-order chi connectivity index (χ1) is 19.0. The number of unbranched alkanes of at least 4 members (excludes halogenated alkanes) is 5. The van der Waals surface area contributed by atoms with E-state index in [2.05, 4.69) is 105 Å². The summed E-state index contributed by atoms with van der Waals surface area (Å²) < 4.78 is 0. The van der Waals surface area contributed by atoms with Gasteiger partial charge in [-0.3, -0.25) is 0 Å². The Morgan fingerprint density at radius 2 is 1.40 bits per heavy atom. The fraction of sp³-hybridized carbons (Fsp3) is 0.485. The largest absolute Gasteiger partial charge is 0.507 e. The van der Waals surface area contributed by atoms with Crippen LogP contribution in [0.2, 0.25) is 0 Å². The molecule has 0 radical (unpaired) electrons. The van der Waals surface area contributed by atoms with Crippen molar-refractivity contribution in [2.75, 3.05) is 11.1 Å². The molecule has 0 aliphatic carbocycles. The second-order valence-corrected chi connectivity index (χ2v) is 13.2. The van der Waals surface area contributed by atoms with E-state index in [0.29, 0.717) is 22.0 Å². The Balaban J connectivity index is -0.000000311. The Hall–Kier alpha value is -3.23. The van der Waals surface area contributed by atoms with Crippen LogP contribution in [0, 0.1) is 47.2 Å². The lowest BCUT2D eigenvalue weighted by molar-refractivity contribution is 0.423. The van der Waals surface area contributed by atoms with Gasteiger partial charge in [0, 0.05) is 47.2 Å². The molecule has 7 heteroatoms. The van der Waals surface area contributed by atoms with Crippen molar-refractivity contribution >= 4 is 35.2 Å². The van der Waals surface area contributed by atoms with Crippen molar-refractivity contribution in [2.45, 2.75) is 108 Å². The Kier molecular flexibility index (Phi) is 13.3. The number of aromatic hydroxyl groups is 1. The van der Waals surface area contributed by atoms with E-state index >= 15 is 0 Å². The van der Waals surface area contributed by atoms with Gasteiger partial charge in [-0.05, 0) is 70.2 Å². The predicted octanol–water partition coefficient (Wildman–Crippen LogP) is 10.3. The minimum Gasteiger partial charge on any atom is -0.507 e. The zero-order valence-corrected chi connectivity index (χ0v) is 26.4. The van der Waals surface area contributed by atoms with Crippen LogP contribution in [0.15, 0.2) is 22.4 Å². The van der Waals surface area contributed by atoms with E-state index in [0.717, 1.165) is 29.0 Å². The zero-order chi connectivity index (χ0) is 29.6. The molecule has 1 heterocycles. The number of aromatic nitrogens is 3. The maximum Gasteiger partial charge on any atom is 0.232 e. The van der Waals surface area contributed by atoms with Crippen molar-refractivity contribution < 1.29 is 17.9 Å². The summed E-state index contributed by atoms with van der Waals surface area (Å²) >= 11 is 2.81. The first-order valence-corrected chi connectivity index (χ1v) is 15.4. The Labute approximate surface area is 263 Å². The topological polar surface area (TPSA) is 70.9 Å². The summed E-state index contributed by atoms with van der Waals surface area (Å²) in [5.41, 5.74) is 2.04. The van der Waals surface area contributed by atoms with Crippen LogP contribution in [-0.2, 0) is 10.8 Å². The van der Waals surface area contributed by atoms with Crippen LogP contribution < -0.4 is 5.32 Å². The standard InChI is InChI=1S/C33H40N4OS2.9H2/c1-9-11-13-15-17-19-21-39-30-35-29(36-31(37-30)40-22-20-18-16-14-12-10-2)34-25-23-26(32(3,4)5)28(38)27(24-25)33(6,7)8;;;;;;;;;/h1,23-24,38H,10,12,14,16,18,20,22H2,2-8H3,(H,34,35,36,37);9*1H. The van der Waals surface area contributed by atoms with Gasteiger partial charge in [-0.2, -0.15) is 15.0 Å². The van der Waals surface area contributed by atoms with Crippen molar-refractivity contribution in [3.05, 3.63) is 23.3 Å². The number of thioether (sulfide) groups is 2. The third-order valence-corrected chi connectivity index (χ3v) is 7.32. The number of phenolic OH excluding ortho intramolecular Hbond substituents is 1. The quantitative estimate of drug-likeness (QED) is 0.117. The third kappa shape index (κ3) is 11.5. The maximum absolute atomic E-state index is 11.1. The number of rotatable bonds is 11. The summed E-state index contributed by atoms with van der Waals surface area (Å²) in [6.45, 7) is 14.8. The van der Waals surface area contributed by atoms with Crippen LogP contribution in [0.25, 0.3) is 0 Å². The van der Waals surface area contributed by atoms with Crippen molar-refractivity contribution in [1.82, 2.24) is 15.0 Å². The molecule has 0 atom stereocenters. The molecule has 0 fully saturated rings. The number of phenols is 1. The first-order valence-electron chi connectivity index (χ1n) is 13.6. The van der Waals surface area contributed by atoms with Gasteiger partial charge in [-0.1, -0.05) is 92.3 Å². The molecule has 2 aromatic rings. The van der Waals surface area contributed by atoms with Crippen molar-refractivity contribution in [3.63, 3.8) is 0 Å². The number of anilines is 2. The SMILES string of the molecule is C#CC#CC#CC#CSc1nc(Nc2cc(C(C)(C)C)c(O)c(C(C)(C)C)c2)nc(SCCCCCCCC)n1.[HH].[HH].[HH].[HH].[HH].[HH].[HH].[HH].[HH]. The molecule has 1 aromatic heterocycles. The van der Waals surface area contributed by atoms with Gasteiger partial charge in [0.15, 0.2) is 5.16 Å². The second kappa shape index (κ2) is 16.1. The molecule has 0 spiro atoms. The van der Waals surface area contributed by atoms with Crippen LogP contribution in [0.3, 0.4) is 0 Å². The van der Waals surface area contributed by atoms with Gasteiger partial charge < -0.3 is 10.4 Å². The number of hydrogen-bond acceptors (Lipinski definition) is 7. The molecule has 2 rings (SSSR count). The van der Waals surface area contributed by atoms with Crippen LogP contribution >= 0.6 is 23.5 Å². The van der Waals surface area contributed by atoms with E-state index < -0.39 is 0 Å². The minimum absolute atomic E-state index is 0. The molecule has 0 saturated heterocycles. The van der Waals surface area contributed by atoms with Crippen LogP contribution in [0.4, 0.5) is 11.6 Å². The molecule has 0 unspecified atom stereocenters. The smallest absolute Gasteiger partial charge is 0.232 e. The molecule has 228 valence electrons. The summed E-state index contributed by atoms with van der Waals surface area (Å²) in [6, 6.07) is 3.94. The number of nitrogens with one attached hydrogen (secondary N) is 1. The van der Waals surface area contributed by atoms with Gasteiger partial charge in [0.2, 0.25) is 11.1 Å². The van der Waals surface area contributed by atoms with Gasteiger partial charge >= 0.3 is 0 Å². The van der Waals surface area contributed by atoms with Crippen molar-refractivity contribution in [2.24, 2.45) is 0 Å². The van der Waals surface area contributed by atoms with E-state index in [-0.39, 0.29) is 23.7 Å². The Morgan fingerprint density at radius 1 is 0.825 bits per heavy atom.